The van der Waals surface area contributed by atoms with Crippen molar-refractivity contribution in [2.45, 2.75) is 38.1 Å². The first-order chi connectivity index (χ1) is 8.99. The summed E-state index contributed by atoms with van der Waals surface area (Å²) in [5.41, 5.74) is 0. The van der Waals surface area contributed by atoms with Crippen LogP contribution in [0.15, 0.2) is 0 Å². The molecule has 0 aliphatic carbocycles. The summed E-state index contributed by atoms with van der Waals surface area (Å²) in [7, 11) is 0. The van der Waals surface area contributed by atoms with Gasteiger partial charge < -0.3 is 20.8 Å². The molecule has 0 bridgehead atoms. The lowest BCUT2D eigenvalue weighted by molar-refractivity contribution is -0.143. The van der Waals surface area contributed by atoms with Crippen LogP contribution in [0.2, 0.25) is 0 Å². The molecule has 1 aliphatic heterocycles. The van der Waals surface area contributed by atoms with Gasteiger partial charge in [-0.25, -0.2) is 4.79 Å². The van der Waals surface area contributed by atoms with Gasteiger partial charge in [0.1, 0.15) is 6.04 Å². The second-order valence-electron chi connectivity index (χ2n) is 4.79. The van der Waals surface area contributed by atoms with Crippen molar-refractivity contribution >= 4 is 17.8 Å². The van der Waals surface area contributed by atoms with Crippen LogP contribution in [0.25, 0.3) is 0 Å². The highest BCUT2D eigenvalue weighted by Crippen LogP contribution is 2.15. The van der Waals surface area contributed by atoms with Gasteiger partial charge in [-0.15, -0.1) is 0 Å². The van der Waals surface area contributed by atoms with Crippen molar-refractivity contribution in [1.29, 1.82) is 0 Å². The quantitative estimate of drug-likeness (QED) is 0.510. The van der Waals surface area contributed by atoms with E-state index in [9.17, 15) is 14.4 Å². The highest BCUT2D eigenvalue weighted by molar-refractivity contribution is 5.84. The van der Waals surface area contributed by atoms with Gasteiger partial charge in [0.15, 0.2) is 0 Å². The molecule has 1 atom stereocenters. The molecule has 4 N–H and O–H groups in total. The second kappa shape index (κ2) is 7.73. The summed E-state index contributed by atoms with van der Waals surface area (Å²) in [5, 5.41) is 23.0. The molecule has 19 heavy (non-hydrogen) atoms. The third-order valence-electron chi connectivity index (χ3n) is 3.21. The fourth-order valence-corrected chi connectivity index (χ4v) is 2.13. The summed E-state index contributed by atoms with van der Waals surface area (Å²) in [6.45, 7) is 1.75. The Hall–Kier alpha value is -1.63. The van der Waals surface area contributed by atoms with E-state index in [0.29, 0.717) is 6.42 Å². The fraction of sp³-hybridized carbons (Fsp3) is 0.750. The zero-order valence-corrected chi connectivity index (χ0v) is 10.7. The summed E-state index contributed by atoms with van der Waals surface area (Å²) < 4.78 is 0. The Labute approximate surface area is 111 Å². The Kier molecular flexibility index (Phi) is 6.27. The Morgan fingerprint density at radius 1 is 1.21 bits per heavy atom. The monoisotopic (exact) mass is 272 g/mol. The molecule has 1 amide bonds. The average Bonchev–Trinajstić information content (AvgIpc) is 2.35. The van der Waals surface area contributed by atoms with Crippen LogP contribution in [0.4, 0.5) is 0 Å². The SMILES string of the molecule is O=C(O)CCC(NC(=O)CC1CCNCC1)C(=O)O. The molecule has 1 saturated heterocycles. The molecular weight excluding hydrogens is 252 g/mol. The van der Waals surface area contributed by atoms with E-state index in [1.807, 2.05) is 0 Å². The molecule has 7 nitrogen and oxygen atoms in total. The molecule has 0 radical (unpaired) electrons. The van der Waals surface area contributed by atoms with Crippen LogP contribution in [0.3, 0.4) is 0 Å². The number of carboxylic acids is 2. The van der Waals surface area contributed by atoms with Crippen molar-refractivity contribution in [1.82, 2.24) is 10.6 Å². The number of rotatable bonds is 7. The van der Waals surface area contributed by atoms with E-state index >= 15 is 0 Å². The van der Waals surface area contributed by atoms with Gasteiger partial charge in [-0.3, -0.25) is 9.59 Å². The molecule has 1 heterocycles. The molecule has 108 valence electrons. The largest absolute Gasteiger partial charge is 0.481 e. The zero-order valence-electron chi connectivity index (χ0n) is 10.7. The van der Waals surface area contributed by atoms with Crippen molar-refractivity contribution in [3.05, 3.63) is 0 Å². The topological polar surface area (TPSA) is 116 Å². The number of carbonyl (C=O) groups excluding carboxylic acids is 1. The molecule has 1 unspecified atom stereocenters. The summed E-state index contributed by atoms with van der Waals surface area (Å²) in [6, 6.07) is -1.12. The summed E-state index contributed by atoms with van der Waals surface area (Å²) in [5.74, 6) is -2.31. The first kappa shape index (κ1) is 15.4. The number of carboxylic acid groups (broad SMARTS) is 2. The molecule has 0 saturated carbocycles. The van der Waals surface area contributed by atoms with Crippen molar-refractivity contribution in [3.8, 4) is 0 Å². The third-order valence-corrected chi connectivity index (χ3v) is 3.21. The van der Waals surface area contributed by atoms with Gasteiger partial charge in [-0.1, -0.05) is 0 Å². The minimum Gasteiger partial charge on any atom is -0.481 e. The van der Waals surface area contributed by atoms with Crippen LogP contribution >= 0.6 is 0 Å². The van der Waals surface area contributed by atoms with Crippen LogP contribution in [-0.2, 0) is 14.4 Å². The Morgan fingerprint density at radius 3 is 2.37 bits per heavy atom. The van der Waals surface area contributed by atoms with Crippen molar-refractivity contribution in [2.24, 2.45) is 5.92 Å². The van der Waals surface area contributed by atoms with Crippen LogP contribution < -0.4 is 10.6 Å². The molecule has 7 heteroatoms. The Bertz CT molecular complexity index is 339. The predicted molar refractivity (Wildman–Crippen MR) is 66.6 cm³/mol. The normalized spacial score (nSPS) is 17.7. The number of nitrogens with one attached hydrogen (secondary N) is 2. The lowest BCUT2D eigenvalue weighted by Gasteiger charge is -2.22. The Balaban J connectivity index is 2.37. The summed E-state index contributed by atoms with van der Waals surface area (Å²) in [6.07, 6.45) is 1.74. The standard InChI is InChI=1S/C12H20N2O5/c15-10(7-8-3-5-13-6-4-8)14-9(12(18)19)1-2-11(16)17/h8-9,13H,1-7H2,(H,14,15)(H,16,17)(H,18,19). The smallest absolute Gasteiger partial charge is 0.326 e. The van der Waals surface area contributed by atoms with Crippen molar-refractivity contribution in [3.63, 3.8) is 0 Å². The van der Waals surface area contributed by atoms with E-state index in [4.69, 9.17) is 10.2 Å². The maximum atomic E-state index is 11.7. The number of piperidine rings is 1. The summed E-state index contributed by atoms with van der Waals surface area (Å²) in [4.78, 5) is 33.1. The molecule has 0 aromatic heterocycles. The molecule has 0 aromatic rings. The molecule has 0 spiro atoms. The van der Waals surface area contributed by atoms with E-state index in [-0.39, 0.29) is 24.7 Å². The van der Waals surface area contributed by atoms with E-state index in [1.54, 1.807) is 0 Å². The lowest BCUT2D eigenvalue weighted by atomic mass is 9.94. The van der Waals surface area contributed by atoms with Gasteiger partial charge >= 0.3 is 11.9 Å². The molecule has 1 aliphatic rings. The minimum absolute atomic E-state index is 0.0946. The van der Waals surface area contributed by atoms with Crippen LogP contribution in [0, 0.1) is 5.92 Å². The number of hydrogen-bond acceptors (Lipinski definition) is 4. The van der Waals surface area contributed by atoms with Crippen LogP contribution in [-0.4, -0.2) is 47.2 Å². The third kappa shape index (κ3) is 6.19. The second-order valence-corrected chi connectivity index (χ2v) is 4.79. The number of carbonyl (C=O) groups is 3. The molecule has 1 fully saturated rings. The van der Waals surface area contributed by atoms with Crippen LogP contribution in [0.5, 0.6) is 0 Å². The maximum absolute atomic E-state index is 11.7. The van der Waals surface area contributed by atoms with Gasteiger partial charge in [-0.2, -0.15) is 0 Å². The molecular formula is C12H20N2O5. The zero-order chi connectivity index (χ0) is 14.3. The number of amides is 1. The van der Waals surface area contributed by atoms with E-state index in [0.717, 1.165) is 25.9 Å². The maximum Gasteiger partial charge on any atom is 0.326 e. The minimum atomic E-state index is -1.19. The van der Waals surface area contributed by atoms with Gasteiger partial charge in [0, 0.05) is 12.8 Å². The number of hydrogen-bond donors (Lipinski definition) is 4. The van der Waals surface area contributed by atoms with Crippen molar-refractivity contribution in [2.75, 3.05) is 13.1 Å². The Morgan fingerprint density at radius 2 is 1.84 bits per heavy atom. The van der Waals surface area contributed by atoms with E-state index in [2.05, 4.69) is 10.6 Å². The van der Waals surface area contributed by atoms with Crippen LogP contribution in [0.1, 0.15) is 32.1 Å². The van der Waals surface area contributed by atoms with E-state index in [1.165, 1.54) is 0 Å². The highest BCUT2D eigenvalue weighted by atomic mass is 16.4. The molecule has 0 aromatic carbocycles. The average molecular weight is 272 g/mol. The lowest BCUT2D eigenvalue weighted by Crippen LogP contribution is -2.42. The van der Waals surface area contributed by atoms with Gasteiger partial charge in [0.2, 0.25) is 5.91 Å². The molecule has 1 rings (SSSR count). The summed E-state index contributed by atoms with van der Waals surface area (Å²) >= 11 is 0. The highest BCUT2D eigenvalue weighted by Gasteiger charge is 2.23. The van der Waals surface area contributed by atoms with Gasteiger partial charge in [0.25, 0.3) is 0 Å². The number of aliphatic carboxylic acids is 2. The first-order valence-corrected chi connectivity index (χ1v) is 6.43. The fourth-order valence-electron chi connectivity index (χ4n) is 2.13. The van der Waals surface area contributed by atoms with E-state index < -0.39 is 18.0 Å². The van der Waals surface area contributed by atoms with Crippen molar-refractivity contribution < 1.29 is 24.6 Å². The van der Waals surface area contributed by atoms with Gasteiger partial charge in [-0.05, 0) is 38.3 Å². The van der Waals surface area contributed by atoms with Gasteiger partial charge in [0.05, 0.1) is 0 Å². The predicted octanol–water partition coefficient (Wildman–Crippen LogP) is -0.190. The first-order valence-electron chi connectivity index (χ1n) is 6.43.